The lowest BCUT2D eigenvalue weighted by Gasteiger charge is -2.18. The van der Waals surface area contributed by atoms with Crippen molar-refractivity contribution in [2.24, 2.45) is 0 Å². The highest BCUT2D eigenvalue weighted by atomic mass is 31.1. The molecule has 1 aromatic carbocycles. The smallest absolute Gasteiger partial charge is 0.446 e. The van der Waals surface area contributed by atoms with Gasteiger partial charge in [0.15, 0.2) is 0 Å². The molecule has 0 radical (unpaired) electrons. The van der Waals surface area contributed by atoms with Gasteiger partial charge in [-0.25, -0.2) is 0 Å². The van der Waals surface area contributed by atoms with Gasteiger partial charge in [0.1, 0.15) is 5.75 Å². The van der Waals surface area contributed by atoms with Crippen LogP contribution >= 0.6 is 8.03 Å². The first kappa shape index (κ1) is 12.2. The molecule has 0 bridgehead atoms. The lowest BCUT2D eigenvalue weighted by Crippen LogP contribution is -2.10. The molecule has 1 rings (SSSR count). The van der Waals surface area contributed by atoms with Crippen LogP contribution in [0.15, 0.2) is 24.3 Å². The van der Waals surface area contributed by atoms with Crippen LogP contribution in [-0.4, -0.2) is 11.2 Å². The monoisotopic (exact) mass is 227 g/mol. The molecule has 0 amide bonds. The molecule has 1 atom stereocenters. The van der Waals surface area contributed by atoms with Gasteiger partial charge >= 0.3 is 14.4 Å². The van der Waals surface area contributed by atoms with E-state index in [1.165, 1.54) is 5.56 Å². The van der Waals surface area contributed by atoms with Crippen molar-refractivity contribution >= 4 is 8.03 Å². The molecule has 1 unspecified atom stereocenters. The highest BCUT2D eigenvalue weighted by Gasteiger charge is 2.14. The topological polar surface area (TPSA) is 46.5 Å². The van der Waals surface area contributed by atoms with Gasteiger partial charge in [0.25, 0.3) is 0 Å². The number of rotatable bonds is 3. The van der Waals surface area contributed by atoms with Gasteiger partial charge in [-0.15, -0.1) is 0 Å². The van der Waals surface area contributed by atoms with Crippen LogP contribution in [0.5, 0.6) is 5.75 Å². The van der Waals surface area contributed by atoms with Crippen molar-refractivity contribution < 1.29 is 14.2 Å². The highest BCUT2D eigenvalue weighted by molar-refractivity contribution is 7.37. The normalized spacial score (nSPS) is 12.4. The van der Waals surface area contributed by atoms with Crippen LogP contribution in [0.3, 0.4) is 0 Å². The second-order valence-electron chi connectivity index (χ2n) is 4.40. The molecule has 0 aliphatic rings. The summed E-state index contributed by atoms with van der Waals surface area (Å²) in [5.41, 5.74) is 1.32. The molecule has 0 aliphatic carbocycles. The molecule has 0 spiro atoms. The maximum atomic E-state index is 10.4. The van der Waals surface area contributed by atoms with E-state index in [4.69, 9.17) is 9.63 Å². The van der Waals surface area contributed by atoms with Crippen molar-refractivity contribution in [3.05, 3.63) is 29.8 Å². The van der Waals surface area contributed by atoms with Gasteiger partial charge in [0, 0.05) is 0 Å². The van der Waals surface area contributed by atoms with Crippen molar-refractivity contribution in [2.45, 2.75) is 26.2 Å². The van der Waals surface area contributed by atoms with Gasteiger partial charge in [-0.1, -0.05) is 32.9 Å². The average molecular weight is 227 g/mol. The Labute approximate surface area is 91.0 Å². The van der Waals surface area contributed by atoms with E-state index in [0.717, 1.165) is 0 Å². The maximum Gasteiger partial charge on any atom is 0.547 e. The molecule has 0 saturated carbocycles. The summed E-state index contributed by atoms with van der Waals surface area (Å²) < 4.78 is 15.5. The van der Waals surface area contributed by atoms with E-state index in [9.17, 15) is 4.57 Å². The Morgan fingerprint density at radius 2 is 1.80 bits per heavy atom. The van der Waals surface area contributed by atoms with Gasteiger partial charge in [-0.3, -0.25) is 0 Å². The van der Waals surface area contributed by atoms with Gasteiger partial charge < -0.3 is 4.74 Å². The second kappa shape index (κ2) is 4.73. The molecule has 1 aromatic rings. The molecule has 4 heteroatoms. The summed E-state index contributed by atoms with van der Waals surface area (Å²) in [5, 5.41) is 0. The Balaban J connectivity index is 2.69. The van der Waals surface area contributed by atoms with Crippen LogP contribution in [0.2, 0.25) is 0 Å². The molecule has 0 aliphatic heterocycles. The fourth-order valence-electron chi connectivity index (χ4n) is 1.18. The van der Waals surface area contributed by atoms with E-state index >= 15 is 0 Å². The standard InChI is InChI=1S/C11H15O3P/c1-11(2,3)9-4-6-10(7-5-9)14-8-15(12)13/h4-7H,8H2,1-3H3/p+1. The largest absolute Gasteiger partial charge is 0.547 e. The van der Waals surface area contributed by atoms with Gasteiger partial charge in [-0.2, -0.15) is 4.89 Å². The first-order chi connectivity index (χ1) is 6.89. The average Bonchev–Trinajstić information content (AvgIpc) is 2.14. The zero-order valence-electron chi connectivity index (χ0n) is 9.23. The van der Waals surface area contributed by atoms with Crippen LogP contribution in [0.1, 0.15) is 26.3 Å². The minimum absolute atomic E-state index is 0.112. The summed E-state index contributed by atoms with van der Waals surface area (Å²) >= 11 is 0. The predicted molar refractivity (Wildman–Crippen MR) is 60.5 cm³/mol. The Morgan fingerprint density at radius 3 is 2.20 bits per heavy atom. The van der Waals surface area contributed by atoms with Crippen LogP contribution in [0, 0.1) is 0 Å². The highest BCUT2D eigenvalue weighted by Crippen LogP contribution is 2.25. The van der Waals surface area contributed by atoms with Gasteiger partial charge in [-0.05, 0) is 27.7 Å². The molecule has 0 heterocycles. The van der Waals surface area contributed by atoms with Crippen LogP contribution in [0.25, 0.3) is 0 Å². The first-order valence-corrected chi connectivity index (χ1v) is 6.16. The maximum absolute atomic E-state index is 10.4. The Hall–Kier alpha value is -0.920. The number of hydrogen-bond acceptors (Lipinski definition) is 2. The first-order valence-electron chi connectivity index (χ1n) is 4.76. The van der Waals surface area contributed by atoms with Crippen molar-refractivity contribution in [1.29, 1.82) is 0 Å². The van der Waals surface area contributed by atoms with Crippen LogP contribution in [0.4, 0.5) is 0 Å². The van der Waals surface area contributed by atoms with E-state index in [1.54, 1.807) is 0 Å². The SMILES string of the molecule is CC(C)(C)c1ccc(OC[P+](=O)O)cc1. The summed E-state index contributed by atoms with van der Waals surface area (Å²) in [6.07, 6.45) is -0.149. The van der Waals surface area contributed by atoms with Crippen LogP contribution in [-0.2, 0) is 9.98 Å². The molecule has 82 valence electrons. The molecule has 0 aromatic heterocycles. The van der Waals surface area contributed by atoms with Gasteiger partial charge in [0.2, 0.25) is 0 Å². The summed E-state index contributed by atoms with van der Waals surface area (Å²) in [6, 6.07) is 7.58. The summed E-state index contributed by atoms with van der Waals surface area (Å²) in [6.45, 7) is 6.40. The van der Waals surface area contributed by atoms with E-state index < -0.39 is 8.03 Å². The van der Waals surface area contributed by atoms with Crippen molar-refractivity contribution in [3.8, 4) is 5.75 Å². The molecular weight excluding hydrogens is 211 g/mol. The second-order valence-corrected chi connectivity index (χ2v) is 5.36. The molecule has 0 fully saturated rings. The quantitative estimate of drug-likeness (QED) is 0.807. The predicted octanol–water partition coefficient (Wildman–Crippen LogP) is 3.06. The third-order valence-electron chi connectivity index (χ3n) is 2.06. The Morgan fingerprint density at radius 1 is 1.27 bits per heavy atom. The summed E-state index contributed by atoms with van der Waals surface area (Å²) in [4.78, 5) is 8.58. The third kappa shape index (κ3) is 3.98. The Bertz CT molecular complexity index is 338. The fraction of sp³-hybridized carbons (Fsp3) is 0.455. The van der Waals surface area contributed by atoms with E-state index in [0.29, 0.717) is 5.75 Å². The lowest BCUT2D eigenvalue weighted by atomic mass is 9.87. The lowest BCUT2D eigenvalue weighted by molar-refractivity contribution is 0.360. The molecular formula is C11H16O3P+. The molecule has 3 nitrogen and oxygen atoms in total. The minimum Gasteiger partial charge on any atom is -0.446 e. The van der Waals surface area contributed by atoms with E-state index in [1.807, 2.05) is 24.3 Å². The molecule has 15 heavy (non-hydrogen) atoms. The summed E-state index contributed by atoms with van der Waals surface area (Å²) in [5.74, 6) is 0.625. The zero-order valence-corrected chi connectivity index (χ0v) is 10.1. The number of ether oxygens (including phenoxy) is 1. The third-order valence-corrected chi connectivity index (χ3v) is 2.41. The fourth-order valence-corrected chi connectivity index (χ4v) is 1.44. The van der Waals surface area contributed by atoms with Crippen LogP contribution < -0.4 is 4.74 Å². The van der Waals surface area contributed by atoms with Crippen molar-refractivity contribution in [1.82, 2.24) is 0 Å². The molecule has 0 saturated heterocycles. The number of hydrogen-bond donors (Lipinski definition) is 1. The van der Waals surface area contributed by atoms with E-state index in [2.05, 4.69) is 20.8 Å². The van der Waals surface area contributed by atoms with E-state index in [-0.39, 0.29) is 11.8 Å². The summed E-state index contributed by atoms with van der Waals surface area (Å²) in [7, 11) is -2.23. The zero-order chi connectivity index (χ0) is 11.5. The number of benzene rings is 1. The Kier molecular flexibility index (Phi) is 3.83. The van der Waals surface area contributed by atoms with Gasteiger partial charge in [0.05, 0.1) is 0 Å². The van der Waals surface area contributed by atoms with Crippen molar-refractivity contribution in [3.63, 3.8) is 0 Å². The van der Waals surface area contributed by atoms with Crippen molar-refractivity contribution in [2.75, 3.05) is 6.35 Å². The molecule has 1 N–H and O–H groups in total. The minimum atomic E-state index is -2.23.